The second-order valence-corrected chi connectivity index (χ2v) is 3.89. The molecule has 1 heteroatoms. The minimum absolute atomic E-state index is 0.596. The van der Waals surface area contributed by atoms with Crippen molar-refractivity contribution in [3.63, 3.8) is 0 Å². The SMILES string of the molecule is CC.FC1C=CC(CC2CCC2)=CC1. The molecule has 80 valence electrons. The molecule has 2 aliphatic carbocycles. The first kappa shape index (κ1) is 11.5. The molecule has 1 unspecified atom stereocenters. The third kappa shape index (κ3) is 3.28. The van der Waals surface area contributed by atoms with Gasteiger partial charge in [0.25, 0.3) is 0 Å². The Morgan fingerprint density at radius 3 is 2.50 bits per heavy atom. The van der Waals surface area contributed by atoms with Gasteiger partial charge in [0, 0.05) is 6.42 Å². The van der Waals surface area contributed by atoms with Gasteiger partial charge in [-0.3, -0.25) is 0 Å². The van der Waals surface area contributed by atoms with Crippen LogP contribution in [-0.4, -0.2) is 6.17 Å². The summed E-state index contributed by atoms with van der Waals surface area (Å²) in [6, 6.07) is 0. The summed E-state index contributed by atoms with van der Waals surface area (Å²) in [5, 5.41) is 0. The van der Waals surface area contributed by atoms with Crippen molar-refractivity contribution in [3.8, 4) is 0 Å². The van der Waals surface area contributed by atoms with Crippen molar-refractivity contribution >= 4 is 0 Å². The molecule has 1 fully saturated rings. The second-order valence-electron chi connectivity index (χ2n) is 3.89. The largest absolute Gasteiger partial charge is 0.243 e. The van der Waals surface area contributed by atoms with Crippen LogP contribution >= 0.6 is 0 Å². The molecule has 0 aromatic rings. The Morgan fingerprint density at radius 1 is 1.36 bits per heavy atom. The maximum atomic E-state index is 12.7. The van der Waals surface area contributed by atoms with Crippen molar-refractivity contribution in [2.45, 2.75) is 52.1 Å². The van der Waals surface area contributed by atoms with Gasteiger partial charge in [-0.1, -0.05) is 56.9 Å². The highest BCUT2D eigenvalue weighted by Crippen LogP contribution is 2.33. The van der Waals surface area contributed by atoms with E-state index in [4.69, 9.17) is 0 Å². The molecular weight excluding hydrogens is 175 g/mol. The molecule has 14 heavy (non-hydrogen) atoms. The van der Waals surface area contributed by atoms with E-state index in [1.54, 1.807) is 6.08 Å². The van der Waals surface area contributed by atoms with Crippen molar-refractivity contribution in [3.05, 3.63) is 23.8 Å². The molecule has 0 amide bonds. The van der Waals surface area contributed by atoms with Gasteiger partial charge in [0.05, 0.1) is 0 Å². The van der Waals surface area contributed by atoms with E-state index in [-0.39, 0.29) is 0 Å². The molecule has 0 bridgehead atoms. The van der Waals surface area contributed by atoms with Crippen molar-refractivity contribution in [1.82, 2.24) is 0 Å². The lowest BCUT2D eigenvalue weighted by Crippen LogP contribution is -2.12. The molecule has 1 saturated carbocycles. The van der Waals surface area contributed by atoms with Crippen LogP contribution in [0, 0.1) is 5.92 Å². The molecular formula is C13H21F. The first-order valence-corrected chi connectivity index (χ1v) is 5.86. The van der Waals surface area contributed by atoms with Crippen LogP contribution in [0.15, 0.2) is 23.8 Å². The third-order valence-corrected chi connectivity index (χ3v) is 2.87. The molecule has 2 aliphatic rings. The summed E-state index contributed by atoms with van der Waals surface area (Å²) in [4.78, 5) is 0. The first-order valence-electron chi connectivity index (χ1n) is 5.86. The van der Waals surface area contributed by atoms with E-state index in [0.717, 1.165) is 5.92 Å². The van der Waals surface area contributed by atoms with Crippen LogP contribution in [0.5, 0.6) is 0 Å². The zero-order valence-corrected chi connectivity index (χ0v) is 9.30. The van der Waals surface area contributed by atoms with Crippen molar-refractivity contribution < 1.29 is 4.39 Å². The van der Waals surface area contributed by atoms with Crippen molar-refractivity contribution in [2.24, 2.45) is 5.92 Å². The van der Waals surface area contributed by atoms with Gasteiger partial charge < -0.3 is 0 Å². The Balaban J connectivity index is 0.000000461. The van der Waals surface area contributed by atoms with Crippen LogP contribution < -0.4 is 0 Å². The number of rotatable bonds is 2. The zero-order valence-electron chi connectivity index (χ0n) is 9.30. The second kappa shape index (κ2) is 6.00. The lowest BCUT2D eigenvalue weighted by atomic mass is 9.80. The predicted molar refractivity (Wildman–Crippen MR) is 60.0 cm³/mol. The van der Waals surface area contributed by atoms with E-state index in [1.807, 2.05) is 19.9 Å². The third-order valence-electron chi connectivity index (χ3n) is 2.87. The zero-order chi connectivity index (χ0) is 10.4. The van der Waals surface area contributed by atoms with Gasteiger partial charge in [-0.25, -0.2) is 4.39 Å². The summed E-state index contributed by atoms with van der Waals surface area (Å²) in [6.07, 6.45) is 10.9. The van der Waals surface area contributed by atoms with Crippen LogP contribution in [-0.2, 0) is 0 Å². The van der Waals surface area contributed by atoms with Crippen LogP contribution in [0.3, 0.4) is 0 Å². The normalized spacial score (nSPS) is 25.9. The fourth-order valence-corrected chi connectivity index (χ4v) is 1.82. The Bertz CT molecular complexity index is 211. The summed E-state index contributed by atoms with van der Waals surface area (Å²) in [5.74, 6) is 0.900. The van der Waals surface area contributed by atoms with Gasteiger partial charge in [-0.05, 0) is 12.3 Å². The molecule has 0 nitrogen and oxygen atoms in total. The Hall–Kier alpha value is -0.590. The lowest BCUT2D eigenvalue weighted by molar-refractivity contribution is 0.314. The maximum Gasteiger partial charge on any atom is 0.122 e. The Kier molecular flexibility index (Phi) is 4.92. The molecule has 0 heterocycles. The molecule has 2 rings (SSSR count). The van der Waals surface area contributed by atoms with Gasteiger partial charge in [-0.15, -0.1) is 0 Å². The van der Waals surface area contributed by atoms with Gasteiger partial charge >= 0.3 is 0 Å². The lowest BCUT2D eigenvalue weighted by Gasteiger charge is -2.26. The summed E-state index contributed by atoms with van der Waals surface area (Å²) in [6.45, 7) is 4.00. The minimum Gasteiger partial charge on any atom is -0.243 e. The molecule has 0 radical (unpaired) electrons. The monoisotopic (exact) mass is 196 g/mol. The van der Waals surface area contributed by atoms with E-state index in [9.17, 15) is 4.39 Å². The highest BCUT2D eigenvalue weighted by atomic mass is 19.1. The molecule has 0 N–H and O–H groups in total. The smallest absolute Gasteiger partial charge is 0.122 e. The minimum atomic E-state index is -0.727. The maximum absolute atomic E-state index is 12.7. The van der Waals surface area contributed by atoms with Crippen LogP contribution in [0.1, 0.15) is 46.0 Å². The summed E-state index contributed by atoms with van der Waals surface area (Å²) >= 11 is 0. The standard InChI is InChI=1S/C11H15F.C2H6/c12-11-6-4-10(5-7-11)8-9-2-1-3-9;1-2/h4-6,9,11H,1-3,7-8H2;1-2H3. The van der Waals surface area contributed by atoms with Gasteiger partial charge in [0.1, 0.15) is 6.17 Å². The number of halogens is 1. The van der Waals surface area contributed by atoms with E-state index in [1.165, 1.54) is 31.3 Å². The van der Waals surface area contributed by atoms with Crippen molar-refractivity contribution in [1.29, 1.82) is 0 Å². The molecule has 0 saturated heterocycles. The van der Waals surface area contributed by atoms with Crippen LogP contribution in [0.25, 0.3) is 0 Å². The average molecular weight is 196 g/mol. The average Bonchev–Trinajstić information content (AvgIpc) is 2.17. The summed E-state index contributed by atoms with van der Waals surface area (Å²) in [7, 11) is 0. The Morgan fingerprint density at radius 2 is 2.07 bits per heavy atom. The fraction of sp³-hybridized carbons (Fsp3) is 0.692. The van der Waals surface area contributed by atoms with E-state index >= 15 is 0 Å². The van der Waals surface area contributed by atoms with E-state index in [2.05, 4.69) is 6.08 Å². The molecule has 0 aliphatic heterocycles. The highest BCUT2D eigenvalue weighted by Gasteiger charge is 2.18. The number of allylic oxidation sites excluding steroid dienone is 4. The quantitative estimate of drug-likeness (QED) is 0.613. The number of hydrogen-bond donors (Lipinski definition) is 0. The van der Waals surface area contributed by atoms with Crippen molar-refractivity contribution in [2.75, 3.05) is 0 Å². The molecule has 0 aromatic heterocycles. The topological polar surface area (TPSA) is 0 Å². The number of hydrogen-bond acceptors (Lipinski definition) is 0. The van der Waals surface area contributed by atoms with Crippen LogP contribution in [0.2, 0.25) is 0 Å². The molecule has 0 aromatic carbocycles. The summed E-state index contributed by atoms with van der Waals surface area (Å²) < 4.78 is 12.7. The van der Waals surface area contributed by atoms with Gasteiger partial charge in [-0.2, -0.15) is 0 Å². The fourth-order valence-electron chi connectivity index (χ4n) is 1.82. The molecule has 0 spiro atoms. The van der Waals surface area contributed by atoms with E-state index < -0.39 is 6.17 Å². The van der Waals surface area contributed by atoms with E-state index in [0.29, 0.717) is 6.42 Å². The van der Waals surface area contributed by atoms with Gasteiger partial charge in [0.15, 0.2) is 0 Å². The highest BCUT2D eigenvalue weighted by molar-refractivity contribution is 5.24. The number of alkyl halides is 1. The van der Waals surface area contributed by atoms with Gasteiger partial charge in [0.2, 0.25) is 0 Å². The molecule has 1 atom stereocenters. The predicted octanol–water partition coefficient (Wildman–Crippen LogP) is 4.43. The van der Waals surface area contributed by atoms with Crippen LogP contribution in [0.4, 0.5) is 4.39 Å². The first-order chi connectivity index (χ1) is 6.84. The Labute approximate surface area is 86.9 Å². The summed E-state index contributed by atoms with van der Waals surface area (Å²) in [5.41, 5.74) is 1.36.